The molecule has 0 unspecified atom stereocenters. The molecule has 0 spiro atoms. The fourth-order valence-electron chi connectivity index (χ4n) is 4.00. The number of aliphatic hydroxyl groups is 1. The van der Waals surface area contributed by atoms with Crippen LogP contribution in [-0.4, -0.2) is 47.1 Å². The third-order valence-corrected chi connectivity index (χ3v) is 5.28. The van der Waals surface area contributed by atoms with Gasteiger partial charge in [0.15, 0.2) is 0 Å². The fraction of sp³-hybridized carbons (Fsp3) is 0.304. The van der Waals surface area contributed by atoms with E-state index in [1.807, 2.05) is 61.5 Å². The van der Waals surface area contributed by atoms with E-state index < -0.39 is 0 Å². The number of aliphatic hydroxyl groups excluding tert-OH is 1. The highest BCUT2D eigenvalue weighted by Gasteiger charge is 2.49. The van der Waals surface area contributed by atoms with Crippen molar-refractivity contribution in [1.82, 2.24) is 10.2 Å². The molecule has 0 aromatic heterocycles. The molecular weight excluding hydrogens is 352 g/mol. The molecule has 0 saturated carbocycles. The lowest BCUT2D eigenvalue weighted by molar-refractivity contribution is -0.147. The van der Waals surface area contributed by atoms with E-state index in [2.05, 4.69) is 5.32 Å². The van der Waals surface area contributed by atoms with Crippen molar-refractivity contribution in [2.75, 3.05) is 13.2 Å². The molecule has 0 bridgehead atoms. The lowest BCUT2D eigenvalue weighted by Crippen LogP contribution is -2.68. The van der Waals surface area contributed by atoms with Crippen molar-refractivity contribution in [3.8, 4) is 0 Å². The van der Waals surface area contributed by atoms with Crippen LogP contribution >= 0.6 is 0 Å². The summed E-state index contributed by atoms with van der Waals surface area (Å²) >= 11 is 0. The van der Waals surface area contributed by atoms with E-state index in [9.17, 15) is 14.7 Å². The maximum Gasteiger partial charge on any atom is 0.251 e. The van der Waals surface area contributed by atoms with E-state index in [1.54, 1.807) is 17.0 Å². The van der Waals surface area contributed by atoms with Gasteiger partial charge in [-0.1, -0.05) is 54.6 Å². The van der Waals surface area contributed by atoms with Gasteiger partial charge in [0, 0.05) is 24.9 Å². The van der Waals surface area contributed by atoms with Crippen LogP contribution in [0, 0.1) is 0 Å². The first-order chi connectivity index (χ1) is 13.6. The summed E-state index contributed by atoms with van der Waals surface area (Å²) in [7, 11) is 0. The largest absolute Gasteiger partial charge is 0.394 e. The Hall–Kier alpha value is -2.92. The predicted molar refractivity (Wildman–Crippen MR) is 110 cm³/mol. The number of amides is 2. The molecule has 1 fully saturated rings. The second kappa shape index (κ2) is 8.85. The maximum atomic E-state index is 12.4. The molecule has 2 N–H and O–H groups in total. The van der Waals surface area contributed by atoms with Gasteiger partial charge in [0.1, 0.15) is 0 Å². The van der Waals surface area contributed by atoms with Crippen molar-refractivity contribution < 1.29 is 14.7 Å². The lowest BCUT2D eigenvalue weighted by atomic mass is 9.75. The van der Waals surface area contributed by atoms with E-state index >= 15 is 0 Å². The summed E-state index contributed by atoms with van der Waals surface area (Å²) in [5.74, 6) is -0.289. The molecule has 2 amide bonds. The summed E-state index contributed by atoms with van der Waals surface area (Å²) in [5.41, 5.74) is 2.74. The number of nitrogens with one attached hydrogen (secondary N) is 1. The van der Waals surface area contributed by atoms with Crippen LogP contribution in [-0.2, 0) is 4.79 Å². The zero-order chi connectivity index (χ0) is 20.1. The first-order valence-corrected chi connectivity index (χ1v) is 9.52. The third kappa shape index (κ3) is 3.99. The molecule has 0 aliphatic carbocycles. The molecule has 3 rings (SSSR count). The van der Waals surface area contributed by atoms with E-state index in [4.69, 9.17) is 0 Å². The van der Waals surface area contributed by atoms with Crippen molar-refractivity contribution in [3.05, 3.63) is 77.4 Å². The molecule has 1 aliphatic heterocycles. The number of carbonyl (C=O) groups excluding carboxylic acids is 2. The second-order valence-corrected chi connectivity index (χ2v) is 7.01. The van der Waals surface area contributed by atoms with Crippen molar-refractivity contribution >= 4 is 17.9 Å². The second-order valence-electron chi connectivity index (χ2n) is 7.01. The Kier molecular flexibility index (Phi) is 6.26. The van der Waals surface area contributed by atoms with Crippen LogP contribution in [0.2, 0.25) is 0 Å². The van der Waals surface area contributed by atoms with Gasteiger partial charge in [0.25, 0.3) is 5.91 Å². The smallest absolute Gasteiger partial charge is 0.251 e. The molecule has 2 aromatic rings. The first-order valence-electron chi connectivity index (χ1n) is 9.52. The summed E-state index contributed by atoms with van der Waals surface area (Å²) in [6.45, 7) is 3.70. The van der Waals surface area contributed by atoms with Crippen molar-refractivity contribution in [3.63, 3.8) is 0 Å². The highest BCUT2D eigenvalue weighted by atomic mass is 16.3. The number of likely N-dealkylation sites (tertiary alicyclic amines) is 1. The Morgan fingerprint density at radius 3 is 2.32 bits per heavy atom. The topological polar surface area (TPSA) is 69.6 Å². The number of hydrogen-bond acceptors (Lipinski definition) is 3. The SMILES string of the molecule is C/C=C/c1ccc([C@H]2[C@@H](CO)N(C(C)=O)[C@@H]2CNC(=O)c2ccccc2)cc1. The van der Waals surface area contributed by atoms with E-state index in [1.165, 1.54) is 6.92 Å². The predicted octanol–water partition coefficient (Wildman–Crippen LogP) is 2.82. The summed E-state index contributed by atoms with van der Waals surface area (Å²) in [6.07, 6.45) is 4.00. The Labute approximate surface area is 165 Å². The molecule has 146 valence electrons. The summed E-state index contributed by atoms with van der Waals surface area (Å²) in [6, 6.07) is 16.7. The minimum Gasteiger partial charge on any atom is -0.394 e. The molecular formula is C23H26N2O3. The van der Waals surface area contributed by atoms with Gasteiger partial charge in [-0.05, 0) is 30.2 Å². The fourth-order valence-corrected chi connectivity index (χ4v) is 4.00. The van der Waals surface area contributed by atoms with Gasteiger partial charge in [-0.2, -0.15) is 0 Å². The van der Waals surface area contributed by atoms with Crippen LogP contribution in [0.4, 0.5) is 0 Å². The Bertz CT molecular complexity index is 846. The van der Waals surface area contributed by atoms with E-state index in [0.29, 0.717) is 12.1 Å². The van der Waals surface area contributed by atoms with Crippen molar-refractivity contribution in [2.24, 2.45) is 0 Å². The van der Waals surface area contributed by atoms with E-state index in [-0.39, 0.29) is 36.4 Å². The Morgan fingerprint density at radius 2 is 1.75 bits per heavy atom. The molecule has 1 heterocycles. The van der Waals surface area contributed by atoms with Crippen LogP contribution in [0.5, 0.6) is 0 Å². The van der Waals surface area contributed by atoms with Gasteiger partial charge in [-0.3, -0.25) is 9.59 Å². The molecule has 0 radical (unpaired) electrons. The number of nitrogens with zero attached hydrogens (tertiary/aromatic N) is 1. The zero-order valence-corrected chi connectivity index (χ0v) is 16.2. The highest BCUT2D eigenvalue weighted by Crippen LogP contribution is 2.40. The van der Waals surface area contributed by atoms with Gasteiger partial charge >= 0.3 is 0 Å². The maximum absolute atomic E-state index is 12.4. The summed E-state index contributed by atoms with van der Waals surface area (Å²) < 4.78 is 0. The van der Waals surface area contributed by atoms with Gasteiger partial charge in [-0.25, -0.2) is 0 Å². The molecule has 28 heavy (non-hydrogen) atoms. The van der Waals surface area contributed by atoms with Crippen molar-refractivity contribution in [1.29, 1.82) is 0 Å². The van der Waals surface area contributed by atoms with Crippen LogP contribution < -0.4 is 5.32 Å². The summed E-state index contributed by atoms with van der Waals surface area (Å²) in [4.78, 5) is 26.2. The monoisotopic (exact) mass is 378 g/mol. The third-order valence-electron chi connectivity index (χ3n) is 5.28. The van der Waals surface area contributed by atoms with E-state index in [0.717, 1.165) is 11.1 Å². The molecule has 2 aromatic carbocycles. The minimum absolute atomic E-state index is 0.0235. The van der Waals surface area contributed by atoms with Gasteiger partial charge < -0.3 is 15.3 Å². The summed E-state index contributed by atoms with van der Waals surface area (Å²) in [5, 5.41) is 12.8. The zero-order valence-electron chi connectivity index (χ0n) is 16.2. The normalized spacial score (nSPS) is 21.4. The Balaban J connectivity index is 1.78. The molecule has 5 heteroatoms. The number of allylic oxidation sites excluding steroid dienone is 1. The van der Waals surface area contributed by atoms with Crippen LogP contribution in [0.1, 0.15) is 41.3 Å². The lowest BCUT2D eigenvalue weighted by Gasteiger charge is -2.54. The molecule has 1 aliphatic rings. The average molecular weight is 378 g/mol. The molecule has 5 nitrogen and oxygen atoms in total. The average Bonchev–Trinajstić information content (AvgIpc) is 2.69. The van der Waals surface area contributed by atoms with Crippen LogP contribution in [0.15, 0.2) is 60.7 Å². The van der Waals surface area contributed by atoms with Crippen molar-refractivity contribution in [2.45, 2.75) is 31.8 Å². The number of benzene rings is 2. The number of carbonyl (C=O) groups is 2. The highest BCUT2D eigenvalue weighted by molar-refractivity contribution is 5.94. The first kappa shape index (κ1) is 19.8. The molecule has 3 atom stereocenters. The van der Waals surface area contributed by atoms with Gasteiger partial charge in [-0.15, -0.1) is 0 Å². The Morgan fingerprint density at radius 1 is 1.07 bits per heavy atom. The minimum atomic E-state index is -0.274. The standard InChI is InChI=1S/C23H26N2O3/c1-3-7-17-10-12-18(13-11-17)22-20(25(16(2)27)21(22)15-26)14-24-23(28)19-8-5-4-6-9-19/h3-13,20-22,26H,14-15H2,1-2H3,(H,24,28)/b7-3+/t20-,21-,22-/m1/s1. The van der Waals surface area contributed by atoms with Gasteiger partial charge in [0.05, 0.1) is 18.7 Å². The number of hydrogen-bond donors (Lipinski definition) is 2. The van der Waals surface area contributed by atoms with Crippen LogP contribution in [0.3, 0.4) is 0 Å². The molecule has 1 saturated heterocycles. The quantitative estimate of drug-likeness (QED) is 0.812. The van der Waals surface area contributed by atoms with Crippen LogP contribution in [0.25, 0.3) is 6.08 Å². The van der Waals surface area contributed by atoms with Gasteiger partial charge in [0.2, 0.25) is 5.91 Å². The number of rotatable bonds is 6.